The molecular formula is C56H36. The van der Waals surface area contributed by atoms with E-state index in [1.54, 1.807) is 0 Å². The largest absolute Gasteiger partial charge is 0.0622 e. The molecule has 0 unspecified atom stereocenters. The van der Waals surface area contributed by atoms with Gasteiger partial charge in [-0.3, -0.25) is 0 Å². The van der Waals surface area contributed by atoms with Crippen LogP contribution < -0.4 is 0 Å². The van der Waals surface area contributed by atoms with Crippen molar-refractivity contribution >= 4 is 53.9 Å². The van der Waals surface area contributed by atoms with E-state index in [1.165, 1.54) is 109 Å². The van der Waals surface area contributed by atoms with Crippen LogP contribution in [0.2, 0.25) is 0 Å². The van der Waals surface area contributed by atoms with Gasteiger partial charge in [-0.15, -0.1) is 0 Å². The molecule has 0 spiro atoms. The lowest BCUT2D eigenvalue weighted by molar-refractivity contribution is 1.60. The van der Waals surface area contributed by atoms with Crippen molar-refractivity contribution in [2.75, 3.05) is 0 Å². The molecule has 0 bridgehead atoms. The van der Waals surface area contributed by atoms with Crippen molar-refractivity contribution in [3.8, 4) is 55.6 Å². The molecule has 56 heavy (non-hydrogen) atoms. The molecule has 11 rings (SSSR count). The molecule has 0 N–H and O–H groups in total. The number of fused-ring (bicyclic) bond motifs is 6. The minimum absolute atomic E-state index is 1.21. The average Bonchev–Trinajstić information content (AvgIpc) is 3.28. The Balaban J connectivity index is 1.12. The third-order valence-electron chi connectivity index (χ3n) is 11.6. The summed E-state index contributed by atoms with van der Waals surface area (Å²) in [5, 5.41) is 12.6. The Morgan fingerprint density at radius 1 is 0.179 bits per heavy atom. The van der Waals surface area contributed by atoms with Gasteiger partial charge in [0.2, 0.25) is 0 Å². The van der Waals surface area contributed by atoms with E-state index in [-0.39, 0.29) is 0 Å². The molecule has 0 aliphatic heterocycles. The second kappa shape index (κ2) is 13.2. The predicted molar refractivity (Wildman–Crippen MR) is 241 cm³/mol. The molecule has 0 heteroatoms. The average molecular weight is 709 g/mol. The molecule has 0 nitrogen and oxygen atoms in total. The predicted octanol–water partition coefficient (Wildman–Crippen LogP) is 15.8. The van der Waals surface area contributed by atoms with Gasteiger partial charge in [-0.25, -0.2) is 0 Å². The summed E-state index contributed by atoms with van der Waals surface area (Å²) < 4.78 is 0. The smallest absolute Gasteiger partial charge is 0.00262 e. The topological polar surface area (TPSA) is 0 Å². The summed E-state index contributed by atoms with van der Waals surface area (Å²) in [5.74, 6) is 0. The standard InChI is InChI=1S/C56H36/c1-2-17-38(18-3-1)54-45-25-7-4-16-37(45)32-33-46(54)39-20-14-22-42(34-39)55-49-28-10-12-30-51(49)56(52-31-13-11-29-50(52)55)43-23-15-21-40(35-43)53-36-41-19-5-6-24-44(41)47-26-8-9-27-48(47)53/h1-36H. The lowest BCUT2D eigenvalue weighted by Crippen LogP contribution is -1.92. The van der Waals surface area contributed by atoms with Crippen molar-refractivity contribution in [1.82, 2.24) is 0 Å². The molecule has 11 aromatic rings. The van der Waals surface area contributed by atoms with Gasteiger partial charge in [-0.05, 0) is 128 Å². The first-order valence-electron chi connectivity index (χ1n) is 19.4. The van der Waals surface area contributed by atoms with E-state index in [9.17, 15) is 0 Å². The van der Waals surface area contributed by atoms with Gasteiger partial charge < -0.3 is 0 Å². The molecule has 11 aromatic carbocycles. The van der Waals surface area contributed by atoms with Gasteiger partial charge in [0.1, 0.15) is 0 Å². The zero-order chi connectivity index (χ0) is 37.0. The van der Waals surface area contributed by atoms with Crippen LogP contribution in [0.25, 0.3) is 109 Å². The second-order valence-corrected chi connectivity index (χ2v) is 14.8. The van der Waals surface area contributed by atoms with Crippen LogP contribution in [-0.4, -0.2) is 0 Å². The molecule has 0 heterocycles. The highest BCUT2D eigenvalue weighted by Crippen LogP contribution is 2.46. The molecule has 0 radical (unpaired) electrons. The number of rotatable bonds is 5. The van der Waals surface area contributed by atoms with E-state index in [4.69, 9.17) is 0 Å². The van der Waals surface area contributed by atoms with Gasteiger partial charge in [0.25, 0.3) is 0 Å². The molecule has 0 aliphatic rings. The maximum Gasteiger partial charge on any atom is -0.00262 e. The van der Waals surface area contributed by atoms with Crippen LogP contribution in [0, 0.1) is 0 Å². The summed E-state index contributed by atoms with van der Waals surface area (Å²) in [5.41, 5.74) is 12.4. The summed E-state index contributed by atoms with van der Waals surface area (Å²) in [4.78, 5) is 0. The highest BCUT2D eigenvalue weighted by Gasteiger charge is 2.19. The monoisotopic (exact) mass is 708 g/mol. The Hall–Kier alpha value is -7.28. The van der Waals surface area contributed by atoms with E-state index >= 15 is 0 Å². The van der Waals surface area contributed by atoms with E-state index < -0.39 is 0 Å². The number of hydrogen-bond donors (Lipinski definition) is 0. The Kier molecular flexibility index (Phi) is 7.60. The summed E-state index contributed by atoms with van der Waals surface area (Å²) >= 11 is 0. The molecule has 0 atom stereocenters. The first kappa shape index (κ1) is 32.2. The van der Waals surface area contributed by atoms with Crippen molar-refractivity contribution in [3.63, 3.8) is 0 Å². The number of hydrogen-bond acceptors (Lipinski definition) is 0. The fraction of sp³-hybridized carbons (Fsp3) is 0. The highest BCUT2D eigenvalue weighted by atomic mass is 14.2. The molecule has 0 saturated heterocycles. The summed E-state index contributed by atoms with van der Waals surface area (Å²) in [6.07, 6.45) is 0. The van der Waals surface area contributed by atoms with Crippen LogP contribution in [-0.2, 0) is 0 Å². The van der Waals surface area contributed by atoms with E-state index in [1.807, 2.05) is 0 Å². The Morgan fingerprint density at radius 2 is 0.607 bits per heavy atom. The lowest BCUT2D eigenvalue weighted by atomic mass is 9.84. The third-order valence-corrected chi connectivity index (χ3v) is 11.6. The van der Waals surface area contributed by atoms with Gasteiger partial charge in [0.15, 0.2) is 0 Å². The van der Waals surface area contributed by atoms with Crippen molar-refractivity contribution in [1.29, 1.82) is 0 Å². The molecule has 0 fully saturated rings. The van der Waals surface area contributed by atoms with Crippen molar-refractivity contribution in [2.24, 2.45) is 0 Å². The maximum atomic E-state index is 2.40. The fourth-order valence-corrected chi connectivity index (χ4v) is 9.16. The molecule has 0 aromatic heterocycles. The lowest BCUT2D eigenvalue weighted by Gasteiger charge is -2.19. The van der Waals surface area contributed by atoms with Crippen LogP contribution in [0.1, 0.15) is 0 Å². The first-order chi connectivity index (χ1) is 27.8. The third kappa shape index (κ3) is 5.22. The van der Waals surface area contributed by atoms with Crippen molar-refractivity contribution in [2.45, 2.75) is 0 Å². The normalized spacial score (nSPS) is 11.6. The minimum atomic E-state index is 1.21. The highest BCUT2D eigenvalue weighted by molar-refractivity contribution is 6.22. The molecular weight excluding hydrogens is 673 g/mol. The fourth-order valence-electron chi connectivity index (χ4n) is 9.16. The van der Waals surface area contributed by atoms with Crippen LogP contribution >= 0.6 is 0 Å². The van der Waals surface area contributed by atoms with Crippen molar-refractivity contribution < 1.29 is 0 Å². The molecule has 0 amide bonds. The summed E-state index contributed by atoms with van der Waals surface area (Å²) in [6.45, 7) is 0. The Bertz CT molecular complexity index is 3240. The Morgan fingerprint density at radius 3 is 1.21 bits per heavy atom. The van der Waals surface area contributed by atoms with Gasteiger partial charge in [-0.2, -0.15) is 0 Å². The van der Waals surface area contributed by atoms with Crippen LogP contribution in [0.4, 0.5) is 0 Å². The molecule has 0 aliphatic carbocycles. The van der Waals surface area contributed by atoms with Gasteiger partial charge in [0, 0.05) is 0 Å². The maximum absolute atomic E-state index is 2.40. The second-order valence-electron chi connectivity index (χ2n) is 14.8. The van der Waals surface area contributed by atoms with Crippen molar-refractivity contribution in [3.05, 3.63) is 218 Å². The Labute approximate surface area is 326 Å². The minimum Gasteiger partial charge on any atom is -0.0622 e. The van der Waals surface area contributed by atoms with Gasteiger partial charge >= 0.3 is 0 Å². The SMILES string of the molecule is c1ccc(-c2c(-c3cccc(-c4c5ccccc5c(-c5cccc(-c6cc7ccccc7c7ccccc67)c5)c5ccccc45)c3)ccc3ccccc23)cc1. The van der Waals surface area contributed by atoms with E-state index in [0.29, 0.717) is 0 Å². The van der Waals surface area contributed by atoms with E-state index in [0.717, 1.165) is 0 Å². The van der Waals surface area contributed by atoms with Crippen LogP contribution in [0.5, 0.6) is 0 Å². The van der Waals surface area contributed by atoms with Crippen LogP contribution in [0.3, 0.4) is 0 Å². The van der Waals surface area contributed by atoms with Crippen LogP contribution in [0.15, 0.2) is 218 Å². The zero-order valence-electron chi connectivity index (χ0n) is 30.8. The first-order valence-corrected chi connectivity index (χ1v) is 19.4. The number of benzene rings is 11. The zero-order valence-corrected chi connectivity index (χ0v) is 30.8. The molecule has 260 valence electrons. The quantitative estimate of drug-likeness (QED) is 0.123. The van der Waals surface area contributed by atoms with E-state index in [2.05, 4.69) is 218 Å². The van der Waals surface area contributed by atoms with Gasteiger partial charge in [-0.1, -0.05) is 200 Å². The van der Waals surface area contributed by atoms with Gasteiger partial charge in [0.05, 0.1) is 0 Å². The summed E-state index contributed by atoms with van der Waals surface area (Å²) in [7, 11) is 0. The summed E-state index contributed by atoms with van der Waals surface area (Å²) in [6, 6.07) is 80.3. The molecule has 0 saturated carbocycles.